The van der Waals surface area contributed by atoms with Crippen molar-refractivity contribution in [1.82, 2.24) is 10.2 Å². The van der Waals surface area contributed by atoms with E-state index in [1.165, 1.54) is 0 Å². The number of rotatable bonds is 3. The summed E-state index contributed by atoms with van der Waals surface area (Å²) in [6.07, 6.45) is 1.72. The van der Waals surface area contributed by atoms with Crippen molar-refractivity contribution in [3.63, 3.8) is 0 Å². The number of hydrogen-bond donors (Lipinski definition) is 0. The van der Waals surface area contributed by atoms with Gasteiger partial charge in [-0.2, -0.15) is 5.26 Å². The number of nitriles is 1. The zero-order chi connectivity index (χ0) is 15.4. The van der Waals surface area contributed by atoms with Crippen molar-refractivity contribution in [2.45, 2.75) is 0 Å². The van der Waals surface area contributed by atoms with E-state index < -0.39 is 0 Å². The van der Waals surface area contributed by atoms with Crippen LogP contribution in [0, 0.1) is 11.3 Å². The van der Waals surface area contributed by atoms with Crippen molar-refractivity contribution in [1.29, 1.82) is 5.26 Å². The molecule has 0 aliphatic heterocycles. The first-order valence-electron chi connectivity index (χ1n) is 6.53. The fourth-order valence-corrected chi connectivity index (χ4v) is 2.16. The van der Waals surface area contributed by atoms with E-state index in [-0.39, 0.29) is 5.89 Å². The monoisotopic (exact) mass is 351 g/mol. The third-order valence-corrected chi connectivity index (χ3v) is 3.51. The first-order valence-corrected chi connectivity index (χ1v) is 7.32. The molecular weight excluding hydrogens is 342 g/mol. The number of benzene rings is 2. The molecule has 0 spiro atoms. The van der Waals surface area contributed by atoms with Gasteiger partial charge in [0.05, 0.1) is 0 Å². The lowest BCUT2D eigenvalue weighted by atomic mass is 10.1. The Bertz CT molecular complexity index is 846. The fourth-order valence-electron chi connectivity index (χ4n) is 1.90. The van der Waals surface area contributed by atoms with E-state index in [2.05, 4.69) is 32.2 Å². The lowest BCUT2D eigenvalue weighted by Gasteiger charge is -1.95. The second-order valence-electron chi connectivity index (χ2n) is 4.50. The van der Waals surface area contributed by atoms with Gasteiger partial charge >= 0.3 is 0 Å². The molecule has 1 heterocycles. The van der Waals surface area contributed by atoms with E-state index in [4.69, 9.17) is 4.42 Å². The van der Waals surface area contributed by atoms with Crippen LogP contribution in [0.5, 0.6) is 0 Å². The molecule has 0 unspecified atom stereocenters. The molecule has 0 fully saturated rings. The highest BCUT2D eigenvalue weighted by Crippen LogP contribution is 2.23. The number of allylic oxidation sites excluding steroid dienone is 1. The molecule has 0 aliphatic carbocycles. The number of nitrogens with zero attached hydrogens (tertiary/aromatic N) is 3. The summed E-state index contributed by atoms with van der Waals surface area (Å²) < 4.78 is 6.58. The number of aromatic nitrogens is 2. The van der Waals surface area contributed by atoms with Crippen LogP contribution >= 0.6 is 15.9 Å². The van der Waals surface area contributed by atoms with Crippen molar-refractivity contribution in [3.8, 4) is 17.5 Å². The van der Waals surface area contributed by atoms with Gasteiger partial charge in [-0.25, -0.2) is 0 Å². The van der Waals surface area contributed by atoms with Gasteiger partial charge in [0.15, 0.2) is 0 Å². The summed E-state index contributed by atoms with van der Waals surface area (Å²) >= 11 is 3.38. The molecule has 0 saturated carbocycles. The predicted molar refractivity (Wildman–Crippen MR) is 87.4 cm³/mol. The highest BCUT2D eigenvalue weighted by Gasteiger charge is 2.12. The normalized spacial score (nSPS) is 11.2. The first kappa shape index (κ1) is 14.2. The van der Waals surface area contributed by atoms with Crippen LogP contribution in [0.3, 0.4) is 0 Å². The van der Waals surface area contributed by atoms with Crippen molar-refractivity contribution in [3.05, 3.63) is 70.5 Å². The summed E-state index contributed by atoms with van der Waals surface area (Å²) in [6.45, 7) is 0. The van der Waals surface area contributed by atoms with Gasteiger partial charge in [-0.15, -0.1) is 10.2 Å². The minimum atomic E-state index is 0.212. The van der Waals surface area contributed by atoms with Crippen LogP contribution in [0.15, 0.2) is 63.5 Å². The average molecular weight is 352 g/mol. The van der Waals surface area contributed by atoms with Gasteiger partial charge in [0.25, 0.3) is 5.89 Å². The summed E-state index contributed by atoms with van der Waals surface area (Å²) in [7, 11) is 0. The molecule has 3 aromatic rings. The van der Waals surface area contributed by atoms with Gasteiger partial charge in [-0.1, -0.05) is 46.3 Å². The summed E-state index contributed by atoms with van der Waals surface area (Å²) in [5.41, 5.74) is 2.04. The smallest absolute Gasteiger partial charge is 0.258 e. The zero-order valence-corrected chi connectivity index (χ0v) is 13.0. The fraction of sp³-hybridized carbons (Fsp3) is 0. The number of halogens is 1. The Labute approximate surface area is 135 Å². The molecule has 0 amide bonds. The maximum absolute atomic E-state index is 9.30. The molecular formula is C17H10BrN3O. The third-order valence-electron chi connectivity index (χ3n) is 2.98. The van der Waals surface area contributed by atoms with Gasteiger partial charge in [0.1, 0.15) is 11.6 Å². The standard InChI is InChI=1S/C17H10BrN3O/c18-15-8-6-13(7-9-15)16-20-21-17(22-16)14(11-19)10-12-4-2-1-3-5-12/h1-10H. The van der Waals surface area contributed by atoms with Crippen LogP contribution in [0.25, 0.3) is 23.1 Å². The minimum Gasteiger partial charge on any atom is -0.415 e. The molecule has 2 aromatic carbocycles. The van der Waals surface area contributed by atoms with Gasteiger partial charge in [0, 0.05) is 10.0 Å². The summed E-state index contributed by atoms with van der Waals surface area (Å²) in [5, 5.41) is 17.3. The Balaban J connectivity index is 1.94. The summed E-state index contributed by atoms with van der Waals surface area (Å²) in [4.78, 5) is 0. The van der Waals surface area contributed by atoms with Gasteiger partial charge < -0.3 is 4.42 Å². The summed E-state index contributed by atoms with van der Waals surface area (Å²) in [5.74, 6) is 0.598. The molecule has 1 aromatic heterocycles. The molecule has 4 nitrogen and oxygen atoms in total. The topological polar surface area (TPSA) is 62.7 Å². The number of hydrogen-bond acceptors (Lipinski definition) is 4. The minimum absolute atomic E-state index is 0.212. The van der Waals surface area contributed by atoms with Crippen molar-refractivity contribution < 1.29 is 4.42 Å². The van der Waals surface area contributed by atoms with Crippen molar-refractivity contribution >= 4 is 27.6 Å². The lowest BCUT2D eigenvalue weighted by Crippen LogP contribution is -1.82. The average Bonchev–Trinajstić information content (AvgIpc) is 3.04. The van der Waals surface area contributed by atoms with Crippen LogP contribution in [0.2, 0.25) is 0 Å². The van der Waals surface area contributed by atoms with Gasteiger partial charge in [-0.3, -0.25) is 0 Å². The maximum Gasteiger partial charge on any atom is 0.258 e. The molecule has 0 bridgehead atoms. The molecule has 5 heteroatoms. The molecule has 0 N–H and O–H groups in total. The third kappa shape index (κ3) is 3.13. The maximum atomic E-state index is 9.30. The van der Waals surface area contributed by atoms with Gasteiger partial charge in [-0.05, 0) is 35.9 Å². The molecule has 22 heavy (non-hydrogen) atoms. The van der Waals surface area contributed by atoms with Gasteiger partial charge in [0.2, 0.25) is 5.89 Å². The zero-order valence-electron chi connectivity index (χ0n) is 11.4. The second-order valence-corrected chi connectivity index (χ2v) is 5.42. The molecule has 0 saturated heterocycles. The Morgan fingerprint density at radius 1 is 1.05 bits per heavy atom. The molecule has 0 radical (unpaired) electrons. The second kappa shape index (κ2) is 6.37. The van der Waals surface area contributed by atoms with E-state index in [0.717, 1.165) is 15.6 Å². The van der Waals surface area contributed by atoms with E-state index >= 15 is 0 Å². The Hall–Kier alpha value is -2.71. The van der Waals surface area contributed by atoms with Crippen LogP contribution in [0.4, 0.5) is 0 Å². The largest absolute Gasteiger partial charge is 0.415 e. The molecule has 0 aliphatic rings. The van der Waals surface area contributed by atoms with Crippen molar-refractivity contribution in [2.75, 3.05) is 0 Å². The quantitative estimate of drug-likeness (QED) is 0.648. The molecule has 3 rings (SSSR count). The summed E-state index contributed by atoms with van der Waals surface area (Å²) in [6, 6.07) is 19.2. The lowest BCUT2D eigenvalue weighted by molar-refractivity contribution is 0.555. The van der Waals surface area contributed by atoms with E-state index in [0.29, 0.717) is 11.5 Å². The Morgan fingerprint density at radius 2 is 1.77 bits per heavy atom. The van der Waals surface area contributed by atoms with Crippen molar-refractivity contribution in [2.24, 2.45) is 0 Å². The first-order chi connectivity index (χ1) is 10.8. The Kier molecular flexibility index (Phi) is 4.12. The molecule has 0 atom stereocenters. The van der Waals surface area contributed by atoms with E-state index in [1.807, 2.05) is 54.6 Å². The predicted octanol–water partition coefficient (Wildman–Crippen LogP) is 4.56. The highest BCUT2D eigenvalue weighted by molar-refractivity contribution is 9.10. The molecule has 106 valence electrons. The van der Waals surface area contributed by atoms with Crippen LogP contribution in [0.1, 0.15) is 11.5 Å². The van der Waals surface area contributed by atoms with Crippen LogP contribution in [-0.2, 0) is 0 Å². The van der Waals surface area contributed by atoms with E-state index in [9.17, 15) is 5.26 Å². The van der Waals surface area contributed by atoms with Crippen LogP contribution in [-0.4, -0.2) is 10.2 Å². The van der Waals surface area contributed by atoms with Crippen LogP contribution < -0.4 is 0 Å². The Morgan fingerprint density at radius 3 is 2.45 bits per heavy atom. The highest BCUT2D eigenvalue weighted by atomic mass is 79.9. The SMILES string of the molecule is N#CC(=Cc1ccccc1)c1nnc(-c2ccc(Br)cc2)o1. The van der Waals surface area contributed by atoms with E-state index in [1.54, 1.807) is 6.08 Å².